The Balaban J connectivity index is 1.53. The zero-order valence-electron chi connectivity index (χ0n) is 14.9. The van der Waals surface area contributed by atoms with Gasteiger partial charge in [-0.25, -0.2) is 13.4 Å². The summed E-state index contributed by atoms with van der Waals surface area (Å²) in [4.78, 5) is 16.6. The first-order valence-corrected chi connectivity index (χ1v) is 10.8. The number of hydrogen-bond donors (Lipinski definition) is 1. The van der Waals surface area contributed by atoms with Crippen molar-refractivity contribution in [2.45, 2.75) is 30.7 Å². The Morgan fingerprint density at radius 2 is 2.07 bits per heavy atom. The number of benzene rings is 1. The Kier molecular flexibility index (Phi) is 6.51. The molecule has 2 aromatic rings. The van der Waals surface area contributed by atoms with Crippen molar-refractivity contribution in [3.8, 4) is 0 Å². The smallest absolute Gasteiger partial charge is 0.243 e. The van der Waals surface area contributed by atoms with Gasteiger partial charge < -0.3 is 9.88 Å². The molecule has 27 heavy (non-hydrogen) atoms. The number of piperidine rings is 1. The molecule has 1 fully saturated rings. The van der Waals surface area contributed by atoms with Gasteiger partial charge in [-0.2, -0.15) is 4.31 Å². The summed E-state index contributed by atoms with van der Waals surface area (Å²) >= 11 is 5.84. The summed E-state index contributed by atoms with van der Waals surface area (Å²) in [6.45, 7) is 1.97. The fraction of sp³-hybridized carbons (Fsp3) is 0.444. The molecule has 0 aliphatic carbocycles. The average molecular weight is 411 g/mol. The van der Waals surface area contributed by atoms with Gasteiger partial charge in [-0.15, -0.1) is 0 Å². The summed E-state index contributed by atoms with van der Waals surface area (Å²) in [5.41, 5.74) is 0. The number of aromatic nitrogens is 2. The highest BCUT2D eigenvalue weighted by molar-refractivity contribution is 7.89. The van der Waals surface area contributed by atoms with Crippen LogP contribution in [0.2, 0.25) is 5.02 Å². The highest BCUT2D eigenvalue weighted by atomic mass is 35.5. The van der Waals surface area contributed by atoms with Crippen LogP contribution in [0.5, 0.6) is 0 Å². The molecule has 1 atom stereocenters. The van der Waals surface area contributed by atoms with Gasteiger partial charge in [0, 0.05) is 43.6 Å². The van der Waals surface area contributed by atoms with Gasteiger partial charge in [0.05, 0.1) is 17.1 Å². The molecule has 2 heterocycles. The lowest BCUT2D eigenvalue weighted by atomic mass is 9.99. The van der Waals surface area contributed by atoms with Crippen molar-refractivity contribution in [2.24, 2.45) is 5.92 Å². The van der Waals surface area contributed by atoms with Gasteiger partial charge in [0.1, 0.15) is 0 Å². The van der Waals surface area contributed by atoms with E-state index in [4.69, 9.17) is 11.6 Å². The van der Waals surface area contributed by atoms with Crippen molar-refractivity contribution in [2.75, 3.05) is 19.6 Å². The summed E-state index contributed by atoms with van der Waals surface area (Å²) in [6, 6.07) is 6.11. The molecule has 0 spiro atoms. The second-order valence-electron chi connectivity index (χ2n) is 6.60. The molecule has 1 amide bonds. The SMILES string of the molecule is O=C(NCCCn1ccnc1)[C@@H]1CCCN(S(=O)(=O)c2ccc(Cl)cc2)C1. The van der Waals surface area contributed by atoms with Gasteiger partial charge in [-0.05, 0) is 43.5 Å². The highest BCUT2D eigenvalue weighted by Gasteiger charge is 2.33. The number of imidazole rings is 1. The van der Waals surface area contributed by atoms with E-state index in [2.05, 4.69) is 10.3 Å². The number of amides is 1. The Hall–Kier alpha value is -1.90. The molecule has 0 unspecified atom stereocenters. The largest absolute Gasteiger partial charge is 0.356 e. The minimum absolute atomic E-state index is 0.0864. The van der Waals surface area contributed by atoms with E-state index in [9.17, 15) is 13.2 Å². The zero-order valence-corrected chi connectivity index (χ0v) is 16.5. The number of nitrogens with zero attached hydrogens (tertiary/aromatic N) is 3. The summed E-state index contributed by atoms with van der Waals surface area (Å²) in [7, 11) is -3.62. The number of carbonyl (C=O) groups is 1. The molecule has 3 rings (SSSR count). The Morgan fingerprint density at radius 3 is 2.78 bits per heavy atom. The third-order valence-electron chi connectivity index (χ3n) is 4.66. The van der Waals surface area contributed by atoms with Crippen molar-refractivity contribution in [1.82, 2.24) is 19.2 Å². The molecule has 1 aromatic carbocycles. The molecule has 1 aliphatic heterocycles. The van der Waals surface area contributed by atoms with E-state index in [-0.39, 0.29) is 23.3 Å². The second kappa shape index (κ2) is 8.86. The summed E-state index contributed by atoms with van der Waals surface area (Å²) < 4.78 is 29.0. The first-order chi connectivity index (χ1) is 13.0. The van der Waals surface area contributed by atoms with Gasteiger partial charge in [0.15, 0.2) is 0 Å². The van der Waals surface area contributed by atoms with Crippen LogP contribution >= 0.6 is 11.6 Å². The normalized spacial score (nSPS) is 18.3. The maximum absolute atomic E-state index is 12.8. The molecule has 9 heteroatoms. The summed E-state index contributed by atoms with van der Waals surface area (Å²) in [5.74, 6) is -0.411. The third-order valence-corrected chi connectivity index (χ3v) is 6.79. The maximum Gasteiger partial charge on any atom is 0.243 e. The van der Waals surface area contributed by atoms with E-state index in [1.165, 1.54) is 16.4 Å². The Morgan fingerprint density at radius 1 is 1.30 bits per heavy atom. The van der Waals surface area contributed by atoms with Crippen molar-refractivity contribution in [3.63, 3.8) is 0 Å². The van der Waals surface area contributed by atoms with Crippen molar-refractivity contribution >= 4 is 27.5 Å². The highest BCUT2D eigenvalue weighted by Crippen LogP contribution is 2.24. The summed E-state index contributed by atoms with van der Waals surface area (Å²) in [5, 5.41) is 3.41. The molecular formula is C18H23ClN4O3S. The van der Waals surface area contributed by atoms with E-state index in [0.29, 0.717) is 31.0 Å². The monoisotopic (exact) mass is 410 g/mol. The van der Waals surface area contributed by atoms with E-state index in [0.717, 1.165) is 13.0 Å². The van der Waals surface area contributed by atoms with E-state index in [1.807, 2.05) is 10.8 Å². The molecule has 1 saturated heterocycles. The number of halogens is 1. The first-order valence-electron chi connectivity index (χ1n) is 8.96. The Bertz CT molecular complexity index is 853. The summed E-state index contributed by atoms with van der Waals surface area (Å²) in [6.07, 6.45) is 7.49. The molecule has 0 saturated carbocycles. The molecule has 1 aliphatic rings. The third kappa shape index (κ3) is 5.09. The molecule has 1 aromatic heterocycles. The number of sulfonamides is 1. The lowest BCUT2D eigenvalue weighted by Gasteiger charge is -2.31. The molecular weight excluding hydrogens is 388 g/mol. The molecule has 0 bridgehead atoms. The number of aryl methyl sites for hydroxylation is 1. The van der Waals surface area contributed by atoms with Crippen LogP contribution in [0.3, 0.4) is 0 Å². The van der Waals surface area contributed by atoms with E-state index < -0.39 is 10.0 Å². The maximum atomic E-state index is 12.8. The minimum atomic E-state index is -3.62. The lowest BCUT2D eigenvalue weighted by molar-refractivity contribution is -0.126. The topological polar surface area (TPSA) is 84.3 Å². The van der Waals surface area contributed by atoms with Gasteiger partial charge in [-0.3, -0.25) is 4.79 Å². The second-order valence-corrected chi connectivity index (χ2v) is 8.98. The van der Waals surface area contributed by atoms with Crippen LogP contribution in [0.15, 0.2) is 47.9 Å². The lowest BCUT2D eigenvalue weighted by Crippen LogP contribution is -2.45. The van der Waals surface area contributed by atoms with E-state index in [1.54, 1.807) is 24.7 Å². The van der Waals surface area contributed by atoms with E-state index >= 15 is 0 Å². The van der Waals surface area contributed by atoms with Gasteiger partial charge in [0.2, 0.25) is 15.9 Å². The van der Waals surface area contributed by atoms with Crippen LogP contribution in [0.4, 0.5) is 0 Å². The van der Waals surface area contributed by atoms with Crippen LogP contribution in [-0.4, -0.2) is 47.8 Å². The van der Waals surface area contributed by atoms with Crippen LogP contribution in [0.1, 0.15) is 19.3 Å². The quantitative estimate of drug-likeness (QED) is 0.709. The average Bonchev–Trinajstić information content (AvgIpc) is 3.19. The number of carbonyl (C=O) groups excluding carboxylic acids is 1. The van der Waals surface area contributed by atoms with Crippen molar-refractivity contribution in [1.29, 1.82) is 0 Å². The molecule has 7 nitrogen and oxygen atoms in total. The molecule has 146 valence electrons. The number of nitrogens with one attached hydrogen (secondary N) is 1. The van der Waals surface area contributed by atoms with Crippen LogP contribution in [0.25, 0.3) is 0 Å². The van der Waals surface area contributed by atoms with Crippen LogP contribution in [0, 0.1) is 5.92 Å². The standard InChI is InChI=1S/C18H23ClN4O3S/c19-16-4-6-17(7-5-16)27(25,26)23-11-1-3-15(13-23)18(24)21-8-2-10-22-12-9-20-14-22/h4-7,9,12,14-15H,1-3,8,10-11,13H2,(H,21,24)/t15-/m1/s1. The van der Waals surface area contributed by atoms with Crippen LogP contribution in [-0.2, 0) is 21.4 Å². The van der Waals surface area contributed by atoms with Gasteiger partial charge in [0.25, 0.3) is 0 Å². The number of hydrogen-bond acceptors (Lipinski definition) is 4. The number of rotatable bonds is 7. The predicted octanol–water partition coefficient (Wildman–Crippen LogP) is 2.14. The zero-order chi connectivity index (χ0) is 19.3. The minimum Gasteiger partial charge on any atom is -0.356 e. The fourth-order valence-corrected chi connectivity index (χ4v) is 4.82. The first kappa shape index (κ1) is 19.9. The van der Waals surface area contributed by atoms with Crippen molar-refractivity contribution in [3.05, 3.63) is 48.0 Å². The molecule has 0 radical (unpaired) electrons. The van der Waals surface area contributed by atoms with Crippen LogP contribution < -0.4 is 5.32 Å². The van der Waals surface area contributed by atoms with Gasteiger partial charge >= 0.3 is 0 Å². The molecule has 1 N–H and O–H groups in total. The predicted molar refractivity (Wildman–Crippen MR) is 103 cm³/mol. The van der Waals surface area contributed by atoms with Crippen molar-refractivity contribution < 1.29 is 13.2 Å². The Labute approximate surface area is 164 Å². The fourth-order valence-electron chi connectivity index (χ4n) is 3.17. The van der Waals surface area contributed by atoms with Gasteiger partial charge in [-0.1, -0.05) is 11.6 Å².